The van der Waals surface area contributed by atoms with Gasteiger partial charge >= 0.3 is 0 Å². The molecule has 3 aromatic rings. The van der Waals surface area contributed by atoms with Crippen LogP contribution in [0.3, 0.4) is 0 Å². The van der Waals surface area contributed by atoms with Gasteiger partial charge in [0, 0.05) is 0 Å². The summed E-state index contributed by atoms with van der Waals surface area (Å²) in [5.74, 6) is 0.922. The molecule has 29 heavy (non-hydrogen) atoms. The summed E-state index contributed by atoms with van der Waals surface area (Å²) in [5.41, 5.74) is 3.10. The van der Waals surface area contributed by atoms with Crippen LogP contribution in [0.25, 0.3) is 0 Å². The Morgan fingerprint density at radius 1 is 0.966 bits per heavy atom. The fraction of sp³-hybridized carbons (Fsp3) is 0.160. The molecule has 1 amide bonds. The van der Waals surface area contributed by atoms with Gasteiger partial charge in [-0.2, -0.15) is 0 Å². The van der Waals surface area contributed by atoms with Crippen molar-refractivity contribution in [3.05, 3.63) is 108 Å². The zero-order chi connectivity index (χ0) is 20.5. The van der Waals surface area contributed by atoms with Crippen molar-refractivity contribution in [2.24, 2.45) is 0 Å². The first-order valence-corrected chi connectivity index (χ1v) is 9.51. The van der Waals surface area contributed by atoms with Gasteiger partial charge < -0.3 is 14.8 Å². The molecule has 3 rings (SSSR count). The molecule has 0 aliphatic heterocycles. The first kappa shape index (κ1) is 20.2. The highest BCUT2D eigenvalue weighted by Crippen LogP contribution is 2.28. The maximum Gasteiger partial charge on any atom is 0.258 e. The predicted octanol–water partition coefficient (Wildman–Crippen LogP) is 4.71. The van der Waals surface area contributed by atoms with Crippen LogP contribution in [0.1, 0.15) is 22.7 Å². The molecular weight excluding hydrogens is 362 g/mol. The van der Waals surface area contributed by atoms with Crippen LogP contribution >= 0.6 is 0 Å². The first-order valence-electron chi connectivity index (χ1n) is 9.51. The molecule has 0 heterocycles. The third-order valence-corrected chi connectivity index (χ3v) is 4.54. The Morgan fingerprint density at radius 3 is 2.14 bits per heavy atom. The van der Waals surface area contributed by atoms with Gasteiger partial charge in [0.2, 0.25) is 0 Å². The van der Waals surface area contributed by atoms with Crippen molar-refractivity contribution in [3.63, 3.8) is 0 Å². The van der Waals surface area contributed by atoms with Crippen LogP contribution < -0.4 is 14.8 Å². The third kappa shape index (κ3) is 5.48. The lowest BCUT2D eigenvalue weighted by atomic mass is 9.99. The molecule has 0 spiro atoms. The highest BCUT2D eigenvalue weighted by atomic mass is 16.5. The summed E-state index contributed by atoms with van der Waals surface area (Å²) < 4.78 is 11.1. The number of carbonyl (C=O) groups is 1. The molecule has 3 aromatic carbocycles. The standard InChI is InChI=1S/C25H25NO3/c1-3-10-19-15-16-22(23(17-19)28-2)29-18-24(27)26-25(20-11-6-4-7-12-20)21-13-8-5-9-14-21/h3-9,11-17,25H,1,10,18H2,2H3,(H,26,27). The fourth-order valence-electron chi connectivity index (χ4n) is 3.12. The summed E-state index contributed by atoms with van der Waals surface area (Å²) >= 11 is 0. The molecule has 0 saturated heterocycles. The number of rotatable bonds is 9. The Bertz CT molecular complexity index is 899. The molecule has 0 bridgehead atoms. The molecule has 0 saturated carbocycles. The Kier molecular flexibility index (Phi) is 7.06. The minimum absolute atomic E-state index is 0.104. The van der Waals surface area contributed by atoms with Crippen LogP contribution in [-0.2, 0) is 11.2 Å². The number of nitrogens with one attached hydrogen (secondary N) is 1. The highest BCUT2D eigenvalue weighted by molar-refractivity contribution is 5.78. The summed E-state index contributed by atoms with van der Waals surface area (Å²) in [6.45, 7) is 3.64. The molecule has 4 nitrogen and oxygen atoms in total. The number of allylic oxidation sites excluding steroid dienone is 1. The lowest BCUT2D eigenvalue weighted by molar-refractivity contribution is -0.123. The molecule has 4 heteroatoms. The summed E-state index contributed by atoms with van der Waals surface area (Å²) in [7, 11) is 1.58. The molecule has 0 aromatic heterocycles. The normalized spacial score (nSPS) is 10.4. The minimum atomic E-state index is -0.245. The number of ether oxygens (including phenoxy) is 2. The van der Waals surface area contributed by atoms with E-state index in [1.165, 1.54) is 0 Å². The number of amides is 1. The van der Waals surface area contributed by atoms with Gasteiger partial charge in [-0.3, -0.25) is 4.79 Å². The maximum absolute atomic E-state index is 12.7. The quantitative estimate of drug-likeness (QED) is 0.541. The smallest absolute Gasteiger partial charge is 0.258 e. The Morgan fingerprint density at radius 2 is 1.59 bits per heavy atom. The zero-order valence-corrected chi connectivity index (χ0v) is 16.5. The van der Waals surface area contributed by atoms with Gasteiger partial charge in [0.1, 0.15) is 0 Å². The van der Waals surface area contributed by atoms with Crippen LogP contribution in [0, 0.1) is 0 Å². The number of hydrogen-bond donors (Lipinski definition) is 1. The van der Waals surface area contributed by atoms with Gasteiger partial charge in [-0.25, -0.2) is 0 Å². The molecule has 1 N–H and O–H groups in total. The van der Waals surface area contributed by atoms with Gasteiger partial charge in [0.05, 0.1) is 13.2 Å². The van der Waals surface area contributed by atoms with Gasteiger partial charge in [0.25, 0.3) is 5.91 Å². The van der Waals surface area contributed by atoms with Crippen molar-refractivity contribution in [2.75, 3.05) is 13.7 Å². The van der Waals surface area contributed by atoms with Crippen LogP contribution in [0.15, 0.2) is 91.5 Å². The van der Waals surface area contributed by atoms with Crippen molar-refractivity contribution < 1.29 is 14.3 Å². The zero-order valence-electron chi connectivity index (χ0n) is 16.5. The van der Waals surface area contributed by atoms with Gasteiger partial charge in [-0.05, 0) is 35.2 Å². The summed E-state index contributed by atoms with van der Waals surface area (Å²) in [6, 6.07) is 25.2. The number of hydrogen-bond acceptors (Lipinski definition) is 3. The average Bonchev–Trinajstić information content (AvgIpc) is 2.78. The van der Waals surface area contributed by atoms with Crippen LogP contribution in [0.4, 0.5) is 0 Å². The lowest BCUT2D eigenvalue weighted by Crippen LogP contribution is -2.33. The Labute approximate surface area is 171 Å². The maximum atomic E-state index is 12.7. The number of methoxy groups -OCH3 is 1. The molecule has 0 aliphatic rings. The van der Waals surface area contributed by atoms with Crippen molar-refractivity contribution in [1.29, 1.82) is 0 Å². The molecule has 0 aliphatic carbocycles. The van der Waals surface area contributed by atoms with Crippen LogP contribution in [0.5, 0.6) is 11.5 Å². The topological polar surface area (TPSA) is 47.6 Å². The molecule has 0 unspecified atom stereocenters. The largest absolute Gasteiger partial charge is 0.493 e. The Hall–Kier alpha value is -3.53. The predicted molar refractivity (Wildman–Crippen MR) is 115 cm³/mol. The molecule has 0 atom stereocenters. The van der Waals surface area contributed by atoms with E-state index in [4.69, 9.17) is 9.47 Å². The first-order chi connectivity index (χ1) is 14.2. The second kappa shape index (κ2) is 10.1. The van der Waals surface area contributed by atoms with Crippen molar-refractivity contribution >= 4 is 5.91 Å². The van der Waals surface area contributed by atoms with Gasteiger partial charge in [0.15, 0.2) is 18.1 Å². The van der Waals surface area contributed by atoms with E-state index in [-0.39, 0.29) is 18.6 Å². The van der Waals surface area contributed by atoms with Crippen molar-refractivity contribution in [1.82, 2.24) is 5.32 Å². The second-order valence-electron chi connectivity index (χ2n) is 6.59. The fourth-order valence-corrected chi connectivity index (χ4v) is 3.12. The highest BCUT2D eigenvalue weighted by Gasteiger charge is 2.17. The van der Waals surface area contributed by atoms with E-state index in [1.54, 1.807) is 7.11 Å². The van der Waals surface area contributed by atoms with Crippen molar-refractivity contribution in [3.8, 4) is 11.5 Å². The van der Waals surface area contributed by atoms with E-state index >= 15 is 0 Å². The summed E-state index contributed by atoms with van der Waals surface area (Å²) in [4.78, 5) is 12.7. The van der Waals surface area contributed by atoms with E-state index in [0.717, 1.165) is 23.1 Å². The number of benzene rings is 3. The van der Waals surface area contributed by atoms with E-state index in [9.17, 15) is 4.79 Å². The third-order valence-electron chi connectivity index (χ3n) is 4.54. The monoisotopic (exact) mass is 387 g/mol. The summed E-state index contributed by atoms with van der Waals surface area (Å²) in [5, 5.41) is 3.07. The molecule has 0 radical (unpaired) electrons. The van der Waals surface area contributed by atoms with Crippen LogP contribution in [0.2, 0.25) is 0 Å². The van der Waals surface area contributed by atoms with Crippen molar-refractivity contribution in [2.45, 2.75) is 12.5 Å². The Balaban J connectivity index is 1.70. The molecule has 0 fully saturated rings. The second-order valence-corrected chi connectivity index (χ2v) is 6.59. The van der Waals surface area contributed by atoms with E-state index in [2.05, 4.69) is 11.9 Å². The average molecular weight is 387 g/mol. The molecular formula is C25H25NO3. The van der Waals surface area contributed by atoms with E-state index in [1.807, 2.05) is 84.9 Å². The van der Waals surface area contributed by atoms with Gasteiger partial charge in [-0.15, -0.1) is 6.58 Å². The van der Waals surface area contributed by atoms with Gasteiger partial charge in [-0.1, -0.05) is 72.8 Å². The summed E-state index contributed by atoms with van der Waals surface area (Å²) in [6.07, 6.45) is 2.57. The number of carbonyl (C=O) groups excluding carboxylic acids is 1. The lowest BCUT2D eigenvalue weighted by Gasteiger charge is -2.20. The molecule has 148 valence electrons. The van der Waals surface area contributed by atoms with E-state index in [0.29, 0.717) is 11.5 Å². The minimum Gasteiger partial charge on any atom is -0.493 e. The van der Waals surface area contributed by atoms with E-state index < -0.39 is 0 Å². The SMILES string of the molecule is C=CCc1ccc(OCC(=O)NC(c2ccccc2)c2ccccc2)c(OC)c1. The van der Waals surface area contributed by atoms with Crippen LogP contribution in [-0.4, -0.2) is 19.6 Å².